The number of rotatable bonds is 7. The van der Waals surface area contributed by atoms with Crippen LogP contribution in [0.3, 0.4) is 0 Å². The minimum atomic E-state index is -1.08. The summed E-state index contributed by atoms with van der Waals surface area (Å²) in [6.45, 7) is 2.07. The highest BCUT2D eigenvalue weighted by Crippen LogP contribution is 2.36. The van der Waals surface area contributed by atoms with Crippen molar-refractivity contribution in [2.45, 2.75) is 25.9 Å². The average Bonchev–Trinajstić information content (AvgIpc) is 2.98. The van der Waals surface area contributed by atoms with E-state index in [9.17, 15) is 9.90 Å². The van der Waals surface area contributed by atoms with Crippen molar-refractivity contribution in [3.8, 4) is 11.6 Å². The lowest BCUT2D eigenvalue weighted by Gasteiger charge is -2.16. The standard InChI is InChI=1S/C18H17IN2O4S/c1-3-13-15(19)14-16(20-9-21-17(14)26-13)25-12(18(22)23)8-10-6-4-5-7-11(10)24-2/h4-7,9,12H,3,8H2,1-2H3,(H,22,23)/t12-/m0/s1. The van der Waals surface area contributed by atoms with Crippen LogP contribution in [0.25, 0.3) is 10.2 Å². The number of aliphatic carboxylic acids is 1. The van der Waals surface area contributed by atoms with Crippen LogP contribution < -0.4 is 9.47 Å². The quantitative estimate of drug-likeness (QED) is 0.512. The van der Waals surface area contributed by atoms with E-state index in [1.54, 1.807) is 24.5 Å². The molecule has 0 saturated carbocycles. The van der Waals surface area contributed by atoms with Crippen molar-refractivity contribution in [3.05, 3.63) is 44.6 Å². The molecule has 0 aliphatic rings. The Kier molecular flexibility index (Phi) is 5.92. The Morgan fingerprint density at radius 1 is 1.35 bits per heavy atom. The molecule has 2 heterocycles. The number of carbonyl (C=O) groups is 1. The van der Waals surface area contributed by atoms with Gasteiger partial charge < -0.3 is 14.6 Å². The van der Waals surface area contributed by atoms with Crippen LogP contribution in [0.5, 0.6) is 11.6 Å². The van der Waals surface area contributed by atoms with Crippen LogP contribution in [0.15, 0.2) is 30.6 Å². The van der Waals surface area contributed by atoms with E-state index in [2.05, 4.69) is 39.5 Å². The van der Waals surface area contributed by atoms with Gasteiger partial charge in [0.15, 0.2) is 0 Å². The van der Waals surface area contributed by atoms with E-state index < -0.39 is 12.1 Å². The van der Waals surface area contributed by atoms with Gasteiger partial charge in [-0.1, -0.05) is 25.1 Å². The maximum absolute atomic E-state index is 11.8. The van der Waals surface area contributed by atoms with Crippen molar-refractivity contribution in [1.82, 2.24) is 9.97 Å². The van der Waals surface area contributed by atoms with Gasteiger partial charge in [0.05, 0.1) is 12.5 Å². The molecule has 26 heavy (non-hydrogen) atoms. The summed E-state index contributed by atoms with van der Waals surface area (Å²) >= 11 is 3.82. The van der Waals surface area contributed by atoms with E-state index in [4.69, 9.17) is 9.47 Å². The number of halogens is 1. The van der Waals surface area contributed by atoms with E-state index in [-0.39, 0.29) is 6.42 Å². The summed E-state index contributed by atoms with van der Waals surface area (Å²) in [7, 11) is 1.56. The van der Waals surface area contributed by atoms with E-state index in [0.29, 0.717) is 11.6 Å². The first-order valence-corrected chi connectivity index (χ1v) is 9.87. The van der Waals surface area contributed by atoms with Gasteiger partial charge in [0.25, 0.3) is 0 Å². The smallest absolute Gasteiger partial charge is 0.345 e. The highest BCUT2D eigenvalue weighted by atomic mass is 127. The molecule has 1 aromatic carbocycles. The third-order valence-corrected chi connectivity index (χ3v) is 6.71. The van der Waals surface area contributed by atoms with Gasteiger partial charge in [0, 0.05) is 14.9 Å². The Bertz CT molecular complexity index is 944. The van der Waals surface area contributed by atoms with Crippen molar-refractivity contribution in [3.63, 3.8) is 0 Å². The van der Waals surface area contributed by atoms with Crippen LogP contribution in [0.2, 0.25) is 0 Å². The first kappa shape index (κ1) is 18.8. The molecule has 0 fully saturated rings. The lowest BCUT2D eigenvalue weighted by atomic mass is 10.1. The molecular formula is C18H17IN2O4S. The number of carboxylic acid groups (broad SMARTS) is 1. The Balaban J connectivity index is 1.95. The lowest BCUT2D eigenvalue weighted by Crippen LogP contribution is -2.30. The van der Waals surface area contributed by atoms with Gasteiger partial charge in [0.2, 0.25) is 12.0 Å². The minimum absolute atomic E-state index is 0.173. The van der Waals surface area contributed by atoms with E-state index >= 15 is 0 Å². The van der Waals surface area contributed by atoms with Crippen molar-refractivity contribution < 1.29 is 19.4 Å². The summed E-state index contributed by atoms with van der Waals surface area (Å²) in [6.07, 6.45) is 1.38. The van der Waals surface area contributed by atoms with Gasteiger partial charge in [-0.15, -0.1) is 11.3 Å². The maximum atomic E-state index is 11.8. The van der Waals surface area contributed by atoms with Crippen LogP contribution in [-0.4, -0.2) is 34.3 Å². The van der Waals surface area contributed by atoms with Crippen LogP contribution >= 0.6 is 33.9 Å². The second-order valence-electron chi connectivity index (χ2n) is 5.51. The first-order valence-electron chi connectivity index (χ1n) is 7.98. The number of nitrogens with zero attached hydrogens (tertiary/aromatic N) is 2. The number of aromatic nitrogens is 2. The number of hydrogen-bond acceptors (Lipinski definition) is 6. The molecule has 0 radical (unpaired) electrons. The number of methoxy groups -OCH3 is 1. The van der Waals surface area contributed by atoms with Crippen LogP contribution in [0.4, 0.5) is 0 Å². The molecule has 136 valence electrons. The highest BCUT2D eigenvalue weighted by molar-refractivity contribution is 14.1. The molecule has 0 bridgehead atoms. The number of thiophene rings is 1. The second-order valence-corrected chi connectivity index (χ2v) is 7.67. The average molecular weight is 484 g/mol. The zero-order valence-corrected chi connectivity index (χ0v) is 17.2. The predicted octanol–water partition coefficient (Wildman–Crippen LogP) is 3.94. The van der Waals surface area contributed by atoms with Gasteiger partial charge in [0.1, 0.15) is 16.9 Å². The summed E-state index contributed by atoms with van der Waals surface area (Å²) in [6, 6.07) is 7.31. The number of hydrogen-bond donors (Lipinski definition) is 1. The van der Waals surface area contributed by atoms with Gasteiger partial charge in [-0.2, -0.15) is 0 Å². The predicted molar refractivity (Wildman–Crippen MR) is 108 cm³/mol. The topological polar surface area (TPSA) is 81.5 Å². The molecule has 0 aliphatic heterocycles. The lowest BCUT2D eigenvalue weighted by molar-refractivity contribution is -0.145. The molecule has 1 N–H and O–H groups in total. The zero-order chi connectivity index (χ0) is 18.7. The molecule has 3 rings (SSSR count). The minimum Gasteiger partial charge on any atom is -0.496 e. The molecule has 0 unspecified atom stereocenters. The van der Waals surface area contributed by atoms with Crippen LogP contribution in [0, 0.1) is 3.57 Å². The van der Waals surface area contributed by atoms with Gasteiger partial charge in [-0.3, -0.25) is 0 Å². The van der Waals surface area contributed by atoms with Crippen molar-refractivity contribution in [2.75, 3.05) is 7.11 Å². The number of aryl methyl sites for hydroxylation is 1. The summed E-state index contributed by atoms with van der Waals surface area (Å²) in [4.78, 5) is 22.3. The fourth-order valence-corrected chi connectivity index (χ4v) is 4.96. The number of ether oxygens (including phenoxy) is 2. The largest absolute Gasteiger partial charge is 0.496 e. The van der Waals surface area contributed by atoms with Crippen molar-refractivity contribution in [1.29, 1.82) is 0 Å². The summed E-state index contributed by atoms with van der Waals surface area (Å²) < 4.78 is 12.2. The summed E-state index contributed by atoms with van der Waals surface area (Å²) in [5, 5.41) is 10.4. The molecule has 2 aromatic heterocycles. The Hall–Kier alpha value is -1.94. The molecule has 0 saturated heterocycles. The number of carboxylic acids is 1. The van der Waals surface area contributed by atoms with Gasteiger partial charge >= 0.3 is 5.97 Å². The highest BCUT2D eigenvalue weighted by Gasteiger charge is 2.25. The fraction of sp³-hybridized carbons (Fsp3) is 0.278. The third-order valence-electron chi connectivity index (χ3n) is 3.91. The SMILES string of the molecule is CCc1sc2ncnc(O[C@@H](Cc3ccccc3OC)C(=O)O)c2c1I. The first-order chi connectivity index (χ1) is 12.5. The zero-order valence-electron chi connectivity index (χ0n) is 14.2. The molecule has 0 spiro atoms. The molecule has 8 heteroatoms. The van der Waals surface area contributed by atoms with Crippen LogP contribution in [0.1, 0.15) is 17.4 Å². The monoisotopic (exact) mass is 484 g/mol. The van der Waals surface area contributed by atoms with Crippen molar-refractivity contribution in [2.24, 2.45) is 0 Å². The number of para-hydroxylation sites is 1. The molecule has 1 atom stereocenters. The normalized spacial score (nSPS) is 12.1. The molecule has 0 aliphatic carbocycles. The van der Waals surface area contributed by atoms with Gasteiger partial charge in [-0.05, 0) is 40.6 Å². The molecule has 6 nitrogen and oxygen atoms in total. The van der Waals surface area contributed by atoms with Crippen LogP contribution in [-0.2, 0) is 17.6 Å². The second kappa shape index (κ2) is 8.17. The maximum Gasteiger partial charge on any atom is 0.345 e. The Labute approximate surface area is 168 Å². The Morgan fingerprint density at radius 3 is 2.81 bits per heavy atom. The Morgan fingerprint density at radius 2 is 2.12 bits per heavy atom. The van der Waals surface area contributed by atoms with E-state index in [1.165, 1.54) is 11.2 Å². The summed E-state index contributed by atoms with van der Waals surface area (Å²) in [5.41, 5.74) is 0.766. The molecule has 3 aromatic rings. The van der Waals surface area contributed by atoms with E-state index in [0.717, 1.165) is 25.8 Å². The molecular weight excluding hydrogens is 467 g/mol. The molecule has 0 amide bonds. The summed E-state index contributed by atoms with van der Waals surface area (Å²) in [5.74, 6) is -0.116. The number of fused-ring (bicyclic) bond motifs is 1. The van der Waals surface area contributed by atoms with Gasteiger partial charge in [-0.25, -0.2) is 14.8 Å². The number of benzene rings is 1. The third kappa shape index (κ3) is 3.75. The van der Waals surface area contributed by atoms with Crippen molar-refractivity contribution >= 4 is 50.1 Å². The van der Waals surface area contributed by atoms with E-state index in [1.807, 2.05) is 18.2 Å². The fourth-order valence-electron chi connectivity index (χ4n) is 2.62.